The Bertz CT molecular complexity index is 1390. The summed E-state index contributed by atoms with van der Waals surface area (Å²) >= 11 is 1.37. The van der Waals surface area contributed by atoms with Crippen molar-refractivity contribution >= 4 is 33.3 Å². The lowest BCUT2D eigenvalue weighted by Gasteiger charge is -2.24. The van der Waals surface area contributed by atoms with E-state index in [1.807, 2.05) is 24.3 Å². The van der Waals surface area contributed by atoms with Gasteiger partial charge in [0, 0.05) is 30.5 Å². The molecular formula is C25H25F3N6O3S. The number of anilines is 2. The van der Waals surface area contributed by atoms with Crippen molar-refractivity contribution in [3.05, 3.63) is 60.0 Å². The Hall–Kier alpha value is -3.39. The summed E-state index contributed by atoms with van der Waals surface area (Å²) in [6.07, 6.45) is -4.32. The molecule has 0 amide bonds. The maximum Gasteiger partial charge on any atom is 0.412 e. The normalized spacial score (nSPS) is 22.5. The van der Waals surface area contributed by atoms with Gasteiger partial charge in [-0.3, -0.25) is 4.98 Å². The average Bonchev–Trinajstić information content (AvgIpc) is 3.43. The number of aliphatic hydroxyl groups excluding tert-OH is 3. The number of para-hydroxylation sites is 1. The number of aliphatic hydroxyl groups is 3. The summed E-state index contributed by atoms with van der Waals surface area (Å²) in [5.41, 5.74) is 1.47. The Morgan fingerprint density at radius 2 is 1.87 bits per heavy atom. The lowest BCUT2D eigenvalue weighted by atomic mass is 10.1. The number of alkyl halides is 3. The first kappa shape index (κ1) is 26.2. The van der Waals surface area contributed by atoms with Crippen LogP contribution in [-0.4, -0.2) is 66.3 Å². The van der Waals surface area contributed by atoms with E-state index >= 15 is 0 Å². The number of fused-ring (bicyclic) bond motifs is 1. The molecule has 0 bridgehead atoms. The van der Waals surface area contributed by atoms with Gasteiger partial charge in [-0.2, -0.15) is 18.2 Å². The minimum Gasteiger partial charge on any atom is -0.396 e. The molecule has 0 aliphatic heterocycles. The Labute approximate surface area is 219 Å². The van der Waals surface area contributed by atoms with Crippen molar-refractivity contribution in [2.45, 2.75) is 43.8 Å². The predicted molar refractivity (Wildman–Crippen MR) is 137 cm³/mol. The van der Waals surface area contributed by atoms with Gasteiger partial charge < -0.3 is 26.0 Å². The fourth-order valence-electron chi connectivity index (χ4n) is 4.63. The van der Waals surface area contributed by atoms with Gasteiger partial charge in [0.25, 0.3) is 0 Å². The van der Waals surface area contributed by atoms with Crippen LogP contribution >= 0.6 is 11.3 Å². The zero-order valence-corrected chi connectivity index (χ0v) is 20.9. The first-order chi connectivity index (χ1) is 18.2. The smallest absolute Gasteiger partial charge is 0.396 e. The minimum atomic E-state index is -4.67. The number of hydrogen-bond donors (Lipinski definition) is 5. The molecule has 0 unspecified atom stereocenters. The minimum absolute atomic E-state index is 0.105. The second kappa shape index (κ2) is 10.4. The van der Waals surface area contributed by atoms with E-state index in [0.29, 0.717) is 16.3 Å². The number of aryl methyl sites for hydroxylation is 1. The molecule has 0 saturated heterocycles. The first-order valence-electron chi connectivity index (χ1n) is 11.9. The SMILES string of the molecule is Cc1nc(N[C@@H](c2cccnc2)C(F)(F)F)nc(N[C@@H]2C[C@H](CO)[C@@H](O)[C@H]2O)c1-c1nc2ccccc2s1. The highest BCUT2D eigenvalue weighted by Crippen LogP contribution is 2.40. The molecule has 1 fully saturated rings. The Morgan fingerprint density at radius 1 is 1.08 bits per heavy atom. The topological polar surface area (TPSA) is 136 Å². The highest BCUT2D eigenvalue weighted by molar-refractivity contribution is 7.21. The number of nitrogens with one attached hydrogen (secondary N) is 2. The lowest BCUT2D eigenvalue weighted by molar-refractivity contribution is -0.144. The molecule has 3 aromatic heterocycles. The van der Waals surface area contributed by atoms with E-state index in [-0.39, 0.29) is 30.4 Å². The predicted octanol–water partition coefficient (Wildman–Crippen LogP) is 3.69. The number of hydrogen-bond acceptors (Lipinski definition) is 10. The number of nitrogens with zero attached hydrogens (tertiary/aromatic N) is 4. The van der Waals surface area contributed by atoms with Crippen LogP contribution in [0.25, 0.3) is 20.8 Å². The third-order valence-electron chi connectivity index (χ3n) is 6.57. The standard InChI is InChI=1S/C25H25F3N6O3S/c1-12-18(23-32-15-6-2-3-7-17(15)38-23)22(31-16-9-14(11-35)19(36)20(16)37)34-24(30-12)33-21(25(26,27)28)13-5-4-8-29-10-13/h2-8,10,14,16,19-21,35-37H,9,11H2,1H3,(H2,30,31,33,34)/t14-,16-,19-,20+,21+/m1/s1. The molecule has 0 radical (unpaired) electrons. The zero-order chi connectivity index (χ0) is 27.0. The number of pyridine rings is 1. The molecule has 1 aliphatic carbocycles. The Morgan fingerprint density at radius 3 is 2.53 bits per heavy atom. The molecule has 5 rings (SSSR count). The van der Waals surface area contributed by atoms with Gasteiger partial charge >= 0.3 is 6.18 Å². The molecule has 1 aliphatic rings. The van der Waals surface area contributed by atoms with Crippen LogP contribution in [0, 0.1) is 12.8 Å². The maximum absolute atomic E-state index is 14.0. The summed E-state index contributed by atoms with van der Waals surface area (Å²) in [6, 6.07) is 7.37. The molecule has 0 spiro atoms. The second-order valence-corrected chi connectivity index (χ2v) is 10.2. The summed E-state index contributed by atoms with van der Waals surface area (Å²) in [4.78, 5) is 17.2. The van der Waals surface area contributed by atoms with Crippen molar-refractivity contribution < 1.29 is 28.5 Å². The Balaban J connectivity index is 1.58. The van der Waals surface area contributed by atoms with Crippen molar-refractivity contribution in [3.63, 3.8) is 0 Å². The lowest BCUT2D eigenvalue weighted by Crippen LogP contribution is -2.36. The zero-order valence-electron chi connectivity index (χ0n) is 20.1. The number of benzene rings is 1. The fraction of sp³-hybridized carbons (Fsp3) is 0.360. The quantitative estimate of drug-likeness (QED) is 0.235. The van der Waals surface area contributed by atoms with Crippen LogP contribution in [0.1, 0.15) is 23.7 Å². The van der Waals surface area contributed by atoms with Crippen LogP contribution in [0.5, 0.6) is 0 Å². The van der Waals surface area contributed by atoms with E-state index in [4.69, 9.17) is 0 Å². The van der Waals surface area contributed by atoms with E-state index in [9.17, 15) is 28.5 Å². The van der Waals surface area contributed by atoms with E-state index in [1.54, 1.807) is 6.92 Å². The molecular weight excluding hydrogens is 521 g/mol. The van der Waals surface area contributed by atoms with Crippen LogP contribution in [-0.2, 0) is 0 Å². The van der Waals surface area contributed by atoms with Gasteiger partial charge in [-0.15, -0.1) is 11.3 Å². The molecule has 38 heavy (non-hydrogen) atoms. The van der Waals surface area contributed by atoms with Crippen LogP contribution in [0.3, 0.4) is 0 Å². The number of halogens is 3. The van der Waals surface area contributed by atoms with E-state index in [1.165, 1.54) is 29.7 Å². The second-order valence-electron chi connectivity index (χ2n) is 9.16. The largest absolute Gasteiger partial charge is 0.412 e. The molecule has 9 nitrogen and oxygen atoms in total. The molecule has 3 heterocycles. The van der Waals surface area contributed by atoms with Gasteiger partial charge in [0.15, 0.2) is 6.04 Å². The van der Waals surface area contributed by atoms with Gasteiger partial charge in [-0.25, -0.2) is 9.97 Å². The third-order valence-corrected chi connectivity index (χ3v) is 7.63. The molecule has 4 aromatic rings. The molecule has 13 heteroatoms. The fourth-order valence-corrected chi connectivity index (χ4v) is 5.69. The number of aromatic nitrogens is 4. The number of thiazole rings is 1. The molecule has 200 valence electrons. The molecule has 5 atom stereocenters. The first-order valence-corrected chi connectivity index (χ1v) is 12.7. The highest BCUT2D eigenvalue weighted by Gasteiger charge is 2.43. The van der Waals surface area contributed by atoms with E-state index in [0.717, 1.165) is 16.4 Å². The highest BCUT2D eigenvalue weighted by atomic mass is 32.1. The monoisotopic (exact) mass is 546 g/mol. The van der Waals surface area contributed by atoms with Gasteiger partial charge in [0.2, 0.25) is 5.95 Å². The van der Waals surface area contributed by atoms with Crippen LogP contribution in [0.15, 0.2) is 48.8 Å². The molecule has 1 saturated carbocycles. The van der Waals surface area contributed by atoms with Gasteiger partial charge in [0.1, 0.15) is 16.9 Å². The summed E-state index contributed by atoms with van der Waals surface area (Å²) in [5.74, 6) is -0.692. The summed E-state index contributed by atoms with van der Waals surface area (Å²) in [7, 11) is 0. The van der Waals surface area contributed by atoms with Crippen molar-refractivity contribution in [1.82, 2.24) is 19.9 Å². The molecule has 5 N–H and O–H groups in total. The van der Waals surface area contributed by atoms with Gasteiger partial charge in [-0.1, -0.05) is 18.2 Å². The van der Waals surface area contributed by atoms with Crippen molar-refractivity contribution in [2.75, 3.05) is 17.2 Å². The van der Waals surface area contributed by atoms with E-state index < -0.39 is 36.4 Å². The molecule has 1 aromatic carbocycles. The van der Waals surface area contributed by atoms with Crippen LogP contribution in [0.4, 0.5) is 24.9 Å². The third kappa shape index (κ3) is 5.14. The van der Waals surface area contributed by atoms with Crippen molar-refractivity contribution in [2.24, 2.45) is 5.92 Å². The van der Waals surface area contributed by atoms with Crippen molar-refractivity contribution in [3.8, 4) is 10.6 Å². The summed E-state index contributed by atoms with van der Waals surface area (Å²) < 4.78 is 42.9. The number of rotatable bonds is 7. The van der Waals surface area contributed by atoms with Crippen molar-refractivity contribution in [1.29, 1.82) is 0 Å². The summed E-state index contributed by atoms with van der Waals surface area (Å²) in [5, 5.41) is 36.5. The maximum atomic E-state index is 14.0. The van der Waals surface area contributed by atoms with Crippen LogP contribution in [0.2, 0.25) is 0 Å². The average molecular weight is 547 g/mol. The van der Waals surface area contributed by atoms with Gasteiger partial charge in [0.05, 0.1) is 33.6 Å². The van der Waals surface area contributed by atoms with Gasteiger partial charge in [-0.05, 0) is 31.5 Å². The Kier molecular flexibility index (Phi) is 7.18. The van der Waals surface area contributed by atoms with Crippen LogP contribution < -0.4 is 10.6 Å². The summed E-state index contributed by atoms with van der Waals surface area (Å²) in [6.45, 7) is 1.32. The van der Waals surface area contributed by atoms with E-state index in [2.05, 4.69) is 30.6 Å².